The lowest BCUT2D eigenvalue weighted by atomic mass is 9.96. The lowest BCUT2D eigenvalue weighted by Gasteiger charge is -2.12. The van der Waals surface area contributed by atoms with Gasteiger partial charge in [-0.05, 0) is 67.3 Å². The lowest BCUT2D eigenvalue weighted by Crippen LogP contribution is -1.92. The highest BCUT2D eigenvalue weighted by atomic mass is 14.9. The Hall–Kier alpha value is -3.32. The molecule has 0 aliphatic rings. The number of nitrogens with one attached hydrogen (secondary N) is 1. The molecule has 4 aromatic rings. The average Bonchev–Trinajstić information content (AvgIpc) is 2.71. The molecular formula is C27H27N. The molecule has 0 aromatic heterocycles. The molecule has 0 radical (unpaired) electrons. The second-order valence-electron chi connectivity index (χ2n) is 6.99. The van der Waals surface area contributed by atoms with Crippen molar-refractivity contribution in [2.75, 3.05) is 5.32 Å². The molecule has 0 fully saturated rings. The molecule has 0 aliphatic carbocycles. The fourth-order valence-electron chi connectivity index (χ4n) is 3.14. The predicted molar refractivity (Wildman–Crippen MR) is 122 cm³/mol. The van der Waals surface area contributed by atoms with Crippen LogP contribution in [0.25, 0.3) is 11.1 Å². The van der Waals surface area contributed by atoms with Gasteiger partial charge in [0.15, 0.2) is 0 Å². The zero-order valence-corrected chi connectivity index (χ0v) is 16.8. The van der Waals surface area contributed by atoms with E-state index in [0.29, 0.717) is 0 Å². The van der Waals surface area contributed by atoms with Crippen LogP contribution in [0, 0.1) is 20.8 Å². The summed E-state index contributed by atoms with van der Waals surface area (Å²) in [6.07, 6.45) is 0. The number of anilines is 2. The molecule has 0 heterocycles. The second kappa shape index (κ2) is 9.57. The molecule has 0 atom stereocenters. The molecular weight excluding hydrogens is 338 g/mol. The summed E-state index contributed by atoms with van der Waals surface area (Å²) in [6.45, 7) is 6.41. The van der Waals surface area contributed by atoms with Crippen LogP contribution in [-0.4, -0.2) is 0 Å². The first-order chi connectivity index (χ1) is 13.6. The maximum Gasteiger partial charge on any atom is 0.0387 e. The van der Waals surface area contributed by atoms with E-state index in [1.54, 1.807) is 0 Å². The summed E-state index contributed by atoms with van der Waals surface area (Å²) in [5.74, 6) is 0. The minimum atomic E-state index is 1.11. The summed E-state index contributed by atoms with van der Waals surface area (Å²) >= 11 is 0. The third kappa shape index (κ3) is 5.34. The molecule has 0 bridgehead atoms. The average molecular weight is 366 g/mol. The molecule has 0 unspecified atom stereocenters. The highest BCUT2D eigenvalue weighted by molar-refractivity contribution is 5.73. The third-order valence-corrected chi connectivity index (χ3v) is 4.66. The molecule has 1 nitrogen and oxygen atoms in total. The van der Waals surface area contributed by atoms with Crippen molar-refractivity contribution in [2.24, 2.45) is 0 Å². The molecule has 0 amide bonds. The van der Waals surface area contributed by atoms with Crippen LogP contribution in [0.3, 0.4) is 0 Å². The summed E-state index contributed by atoms with van der Waals surface area (Å²) in [7, 11) is 0. The first kappa shape index (κ1) is 19.4. The van der Waals surface area contributed by atoms with Gasteiger partial charge in [0, 0.05) is 11.4 Å². The van der Waals surface area contributed by atoms with Crippen molar-refractivity contribution in [1.82, 2.24) is 0 Å². The van der Waals surface area contributed by atoms with E-state index in [2.05, 4.69) is 92.8 Å². The smallest absolute Gasteiger partial charge is 0.0387 e. The van der Waals surface area contributed by atoms with Crippen LogP contribution in [0.15, 0.2) is 103 Å². The van der Waals surface area contributed by atoms with Crippen LogP contribution in [0.4, 0.5) is 11.4 Å². The SMILES string of the molecule is Cc1ccccc1.Cc1ccccc1-c1ccc(Nc2ccccc2)cc1C. The minimum absolute atomic E-state index is 1.11. The van der Waals surface area contributed by atoms with Gasteiger partial charge < -0.3 is 5.32 Å². The van der Waals surface area contributed by atoms with Gasteiger partial charge in [-0.3, -0.25) is 0 Å². The molecule has 28 heavy (non-hydrogen) atoms. The second-order valence-corrected chi connectivity index (χ2v) is 6.99. The minimum Gasteiger partial charge on any atom is -0.356 e. The van der Waals surface area contributed by atoms with Gasteiger partial charge >= 0.3 is 0 Å². The molecule has 140 valence electrons. The van der Waals surface area contributed by atoms with Crippen molar-refractivity contribution in [3.63, 3.8) is 0 Å². The molecule has 0 aliphatic heterocycles. The number of para-hydroxylation sites is 1. The number of rotatable bonds is 3. The summed E-state index contributed by atoms with van der Waals surface area (Å²) in [5, 5.41) is 3.44. The lowest BCUT2D eigenvalue weighted by molar-refractivity contribution is 1.40. The maximum absolute atomic E-state index is 3.44. The topological polar surface area (TPSA) is 12.0 Å². The van der Waals surface area contributed by atoms with E-state index in [4.69, 9.17) is 0 Å². The van der Waals surface area contributed by atoms with Gasteiger partial charge in [0.05, 0.1) is 0 Å². The van der Waals surface area contributed by atoms with E-state index in [9.17, 15) is 0 Å². The van der Waals surface area contributed by atoms with E-state index in [0.717, 1.165) is 11.4 Å². The van der Waals surface area contributed by atoms with Crippen molar-refractivity contribution in [1.29, 1.82) is 0 Å². The van der Waals surface area contributed by atoms with Crippen molar-refractivity contribution >= 4 is 11.4 Å². The van der Waals surface area contributed by atoms with Gasteiger partial charge in [-0.2, -0.15) is 0 Å². The van der Waals surface area contributed by atoms with Crippen LogP contribution in [0.5, 0.6) is 0 Å². The van der Waals surface area contributed by atoms with Gasteiger partial charge in [-0.15, -0.1) is 0 Å². The Morgan fingerprint density at radius 3 is 1.61 bits per heavy atom. The molecule has 1 N–H and O–H groups in total. The fraction of sp³-hybridized carbons (Fsp3) is 0.111. The third-order valence-electron chi connectivity index (χ3n) is 4.66. The van der Waals surface area contributed by atoms with Crippen LogP contribution in [0.2, 0.25) is 0 Å². The van der Waals surface area contributed by atoms with E-state index in [1.165, 1.54) is 27.8 Å². The highest BCUT2D eigenvalue weighted by Gasteiger charge is 2.05. The van der Waals surface area contributed by atoms with Crippen molar-refractivity contribution in [3.8, 4) is 11.1 Å². The van der Waals surface area contributed by atoms with E-state index in [1.807, 2.05) is 36.4 Å². The van der Waals surface area contributed by atoms with Gasteiger partial charge in [0.1, 0.15) is 0 Å². The fourth-order valence-corrected chi connectivity index (χ4v) is 3.14. The Balaban J connectivity index is 0.000000271. The first-order valence-electron chi connectivity index (χ1n) is 9.64. The van der Waals surface area contributed by atoms with Gasteiger partial charge in [-0.1, -0.05) is 84.4 Å². The largest absolute Gasteiger partial charge is 0.356 e. The number of hydrogen-bond acceptors (Lipinski definition) is 1. The molecule has 4 aromatic carbocycles. The Bertz CT molecular complexity index is 1000. The molecule has 1 heteroatoms. The van der Waals surface area contributed by atoms with Crippen LogP contribution in [0.1, 0.15) is 16.7 Å². The Kier molecular flexibility index (Phi) is 6.64. The number of benzene rings is 4. The zero-order valence-electron chi connectivity index (χ0n) is 16.8. The summed E-state index contributed by atoms with van der Waals surface area (Å²) in [4.78, 5) is 0. The standard InChI is InChI=1S/C20H19N.C7H8/c1-15-8-6-7-11-19(15)20-13-12-18(14-16(20)2)21-17-9-4-3-5-10-17;1-7-5-3-2-4-6-7/h3-14,21H,1-2H3;2-6H,1H3. The van der Waals surface area contributed by atoms with Crippen molar-refractivity contribution in [2.45, 2.75) is 20.8 Å². The van der Waals surface area contributed by atoms with Gasteiger partial charge in [0.25, 0.3) is 0 Å². The normalized spacial score (nSPS) is 9.96. The maximum atomic E-state index is 3.44. The Morgan fingerprint density at radius 1 is 0.464 bits per heavy atom. The molecule has 0 spiro atoms. The van der Waals surface area contributed by atoms with E-state index in [-0.39, 0.29) is 0 Å². The first-order valence-corrected chi connectivity index (χ1v) is 9.64. The summed E-state index contributed by atoms with van der Waals surface area (Å²) < 4.78 is 0. The summed E-state index contributed by atoms with van der Waals surface area (Å²) in [5.41, 5.74) is 8.75. The van der Waals surface area contributed by atoms with Crippen LogP contribution in [-0.2, 0) is 0 Å². The monoisotopic (exact) mass is 365 g/mol. The predicted octanol–water partition coefficient (Wildman–Crippen LogP) is 7.71. The van der Waals surface area contributed by atoms with E-state index < -0.39 is 0 Å². The molecule has 0 saturated heterocycles. The van der Waals surface area contributed by atoms with Crippen molar-refractivity contribution in [3.05, 3.63) is 120 Å². The number of aryl methyl sites for hydroxylation is 3. The Morgan fingerprint density at radius 2 is 1.04 bits per heavy atom. The van der Waals surface area contributed by atoms with Crippen LogP contribution < -0.4 is 5.32 Å². The van der Waals surface area contributed by atoms with Crippen LogP contribution >= 0.6 is 0 Å². The van der Waals surface area contributed by atoms with Crippen molar-refractivity contribution < 1.29 is 0 Å². The highest BCUT2D eigenvalue weighted by Crippen LogP contribution is 2.29. The molecule has 0 saturated carbocycles. The summed E-state index contributed by atoms with van der Waals surface area (Å²) in [6, 6.07) is 35.6. The quantitative estimate of drug-likeness (QED) is 0.392. The van der Waals surface area contributed by atoms with Gasteiger partial charge in [0.2, 0.25) is 0 Å². The number of hydrogen-bond donors (Lipinski definition) is 1. The zero-order chi connectivity index (χ0) is 19.8. The molecule has 4 rings (SSSR count). The van der Waals surface area contributed by atoms with Gasteiger partial charge in [-0.25, -0.2) is 0 Å². The Labute approximate surface area is 168 Å². The van der Waals surface area contributed by atoms with E-state index >= 15 is 0 Å².